The second-order valence-electron chi connectivity index (χ2n) is 3.23. The lowest BCUT2D eigenvalue weighted by Gasteiger charge is -2.09. The monoisotopic (exact) mass is 171 g/mol. The first-order valence-corrected chi connectivity index (χ1v) is 4.99. The number of rotatable bonds is 7. The zero-order valence-electron chi connectivity index (χ0n) is 8.31. The van der Waals surface area contributed by atoms with Gasteiger partial charge in [0.1, 0.15) is 5.78 Å². The standard InChI is InChI=1S/C10H21NO/c1-3-9(4-2)10(12)7-5-6-8-11/h9H,3-8,11H2,1-2H3. The summed E-state index contributed by atoms with van der Waals surface area (Å²) in [5.74, 6) is 0.719. The number of ketones is 1. The molecule has 72 valence electrons. The molecular formula is C10H21NO. The Morgan fingerprint density at radius 3 is 2.25 bits per heavy atom. The lowest BCUT2D eigenvalue weighted by atomic mass is 9.95. The van der Waals surface area contributed by atoms with Crippen LogP contribution in [0, 0.1) is 5.92 Å². The molecule has 2 N–H and O–H groups in total. The van der Waals surface area contributed by atoms with Crippen LogP contribution >= 0.6 is 0 Å². The van der Waals surface area contributed by atoms with Crippen LogP contribution < -0.4 is 5.73 Å². The van der Waals surface area contributed by atoms with Gasteiger partial charge in [-0.3, -0.25) is 4.79 Å². The fourth-order valence-corrected chi connectivity index (χ4v) is 1.39. The quantitative estimate of drug-likeness (QED) is 0.596. The molecule has 12 heavy (non-hydrogen) atoms. The normalized spacial score (nSPS) is 10.7. The molecule has 0 bridgehead atoms. The largest absolute Gasteiger partial charge is 0.330 e. The van der Waals surface area contributed by atoms with Crippen LogP contribution in [0.1, 0.15) is 46.0 Å². The Bertz CT molecular complexity index is 119. The van der Waals surface area contributed by atoms with E-state index in [1.807, 2.05) is 0 Å². The van der Waals surface area contributed by atoms with Crippen molar-refractivity contribution in [2.75, 3.05) is 6.54 Å². The smallest absolute Gasteiger partial charge is 0.135 e. The first-order chi connectivity index (χ1) is 5.76. The zero-order valence-corrected chi connectivity index (χ0v) is 8.31. The van der Waals surface area contributed by atoms with E-state index in [0.29, 0.717) is 18.2 Å². The van der Waals surface area contributed by atoms with Gasteiger partial charge >= 0.3 is 0 Å². The molecule has 0 rings (SSSR count). The van der Waals surface area contributed by atoms with Crippen molar-refractivity contribution in [1.29, 1.82) is 0 Å². The lowest BCUT2D eigenvalue weighted by Crippen LogP contribution is -2.12. The molecule has 0 radical (unpaired) electrons. The van der Waals surface area contributed by atoms with Crippen LogP contribution in [0.25, 0.3) is 0 Å². The van der Waals surface area contributed by atoms with Crippen LogP contribution in [-0.4, -0.2) is 12.3 Å². The number of carbonyl (C=O) groups is 1. The van der Waals surface area contributed by atoms with Gasteiger partial charge in [-0.1, -0.05) is 13.8 Å². The van der Waals surface area contributed by atoms with Crippen molar-refractivity contribution in [3.8, 4) is 0 Å². The Morgan fingerprint density at radius 1 is 1.25 bits per heavy atom. The van der Waals surface area contributed by atoms with E-state index in [1.165, 1.54) is 0 Å². The van der Waals surface area contributed by atoms with E-state index in [9.17, 15) is 4.79 Å². The fraction of sp³-hybridized carbons (Fsp3) is 0.900. The molecule has 0 aliphatic heterocycles. The number of Topliss-reactive ketones (excluding diaryl/α,β-unsaturated/α-hetero) is 1. The molecule has 0 saturated carbocycles. The zero-order chi connectivity index (χ0) is 9.40. The SMILES string of the molecule is CCC(CC)C(=O)CCCCN. The fourth-order valence-electron chi connectivity index (χ4n) is 1.39. The minimum absolute atomic E-state index is 0.294. The molecule has 0 atom stereocenters. The third-order valence-corrected chi connectivity index (χ3v) is 2.32. The molecule has 2 nitrogen and oxygen atoms in total. The van der Waals surface area contributed by atoms with Gasteiger partial charge in [0.25, 0.3) is 0 Å². The number of carbonyl (C=O) groups excluding carboxylic acids is 1. The highest BCUT2D eigenvalue weighted by Gasteiger charge is 2.12. The molecule has 0 aromatic heterocycles. The maximum Gasteiger partial charge on any atom is 0.135 e. The van der Waals surface area contributed by atoms with Crippen LogP contribution in [0.2, 0.25) is 0 Å². The molecule has 0 aliphatic rings. The van der Waals surface area contributed by atoms with E-state index in [2.05, 4.69) is 13.8 Å². The molecule has 0 unspecified atom stereocenters. The average molecular weight is 171 g/mol. The summed E-state index contributed by atoms with van der Waals surface area (Å²) in [6, 6.07) is 0. The third kappa shape index (κ3) is 4.50. The van der Waals surface area contributed by atoms with Crippen LogP contribution in [0.5, 0.6) is 0 Å². The summed E-state index contributed by atoms with van der Waals surface area (Å²) in [5.41, 5.74) is 5.34. The van der Waals surface area contributed by atoms with E-state index in [0.717, 1.165) is 32.1 Å². The summed E-state index contributed by atoms with van der Waals surface area (Å²) in [5, 5.41) is 0. The molecule has 0 heterocycles. The second-order valence-corrected chi connectivity index (χ2v) is 3.23. The highest BCUT2D eigenvalue weighted by molar-refractivity contribution is 5.80. The maximum atomic E-state index is 11.4. The molecule has 2 heteroatoms. The first-order valence-electron chi connectivity index (χ1n) is 4.99. The Kier molecular flexibility index (Phi) is 7.06. The van der Waals surface area contributed by atoms with E-state index >= 15 is 0 Å². The molecule has 0 saturated heterocycles. The summed E-state index contributed by atoms with van der Waals surface area (Å²) in [7, 11) is 0. The molecule has 0 aromatic carbocycles. The lowest BCUT2D eigenvalue weighted by molar-refractivity contribution is -0.123. The van der Waals surface area contributed by atoms with E-state index in [1.54, 1.807) is 0 Å². The molecule has 0 spiro atoms. The predicted octanol–water partition coefficient (Wildman–Crippen LogP) is 2.12. The van der Waals surface area contributed by atoms with Crippen LogP contribution in [0.4, 0.5) is 0 Å². The topological polar surface area (TPSA) is 43.1 Å². The highest BCUT2D eigenvalue weighted by Crippen LogP contribution is 2.12. The minimum Gasteiger partial charge on any atom is -0.330 e. The summed E-state index contributed by atoms with van der Waals surface area (Å²) < 4.78 is 0. The number of hydrogen-bond donors (Lipinski definition) is 1. The van der Waals surface area contributed by atoms with Gasteiger partial charge in [0.2, 0.25) is 0 Å². The highest BCUT2D eigenvalue weighted by atomic mass is 16.1. The predicted molar refractivity (Wildman–Crippen MR) is 52.0 cm³/mol. The van der Waals surface area contributed by atoms with Gasteiger partial charge in [-0.15, -0.1) is 0 Å². The van der Waals surface area contributed by atoms with E-state index < -0.39 is 0 Å². The van der Waals surface area contributed by atoms with Crippen molar-refractivity contribution in [3.63, 3.8) is 0 Å². The Morgan fingerprint density at radius 2 is 1.83 bits per heavy atom. The first kappa shape index (κ1) is 11.6. The van der Waals surface area contributed by atoms with Gasteiger partial charge < -0.3 is 5.73 Å². The van der Waals surface area contributed by atoms with Crippen molar-refractivity contribution in [2.24, 2.45) is 11.7 Å². The maximum absolute atomic E-state index is 11.4. The van der Waals surface area contributed by atoms with E-state index in [4.69, 9.17) is 5.73 Å². The van der Waals surface area contributed by atoms with E-state index in [-0.39, 0.29) is 0 Å². The number of hydrogen-bond acceptors (Lipinski definition) is 2. The molecular weight excluding hydrogens is 150 g/mol. The number of unbranched alkanes of at least 4 members (excludes halogenated alkanes) is 1. The van der Waals surface area contributed by atoms with Gasteiger partial charge in [-0.05, 0) is 32.2 Å². The van der Waals surface area contributed by atoms with Crippen molar-refractivity contribution in [2.45, 2.75) is 46.0 Å². The number of nitrogens with two attached hydrogens (primary N) is 1. The molecule has 0 amide bonds. The Hall–Kier alpha value is -0.370. The third-order valence-electron chi connectivity index (χ3n) is 2.32. The van der Waals surface area contributed by atoms with Crippen LogP contribution in [0.3, 0.4) is 0 Å². The van der Waals surface area contributed by atoms with Crippen molar-refractivity contribution in [1.82, 2.24) is 0 Å². The molecule has 0 aromatic rings. The average Bonchev–Trinajstić information content (AvgIpc) is 2.07. The van der Waals surface area contributed by atoms with Gasteiger partial charge in [-0.2, -0.15) is 0 Å². The van der Waals surface area contributed by atoms with Crippen molar-refractivity contribution in [3.05, 3.63) is 0 Å². The Balaban J connectivity index is 3.54. The Labute approximate surface area is 75.5 Å². The summed E-state index contributed by atoms with van der Waals surface area (Å²) in [4.78, 5) is 11.4. The van der Waals surface area contributed by atoms with Crippen molar-refractivity contribution >= 4 is 5.78 Å². The van der Waals surface area contributed by atoms with Gasteiger partial charge in [0, 0.05) is 12.3 Å². The minimum atomic E-state index is 0.294. The summed E-state index contributed by atoms with van der Waals surface area (Å²) in [6.45, 7) is 4.86. The summed E-state index contributed by atoms with van der Waals surface area (Å²) >= 11 is 0. The molecule has 0 aliphatic carbocycles. The van der Waals surface area contributed by atoms with Crippen molar-refractivity contribution < 1.29 is 4.79 Å². The van der Waals surface area contributed by atoms with Crippen LogP contribution in [0.15, 0.2) is 0 Å². The second kappa shape index (κ2) is 7.29. The van der Waals surface area contributed by atoms with Gasteiger partial charge in [-0.25, -0.2) is 0 Å². The van der Waals surface area contributed by atoms with Gasteiger partial charge in [0.05, 0.1) is 0 Å². The van der Waals surface area contributed by atoms with Crippen LogP contribution in [-0.2, 0) is 4.79 Å². The molecule has 0 fully saturated rings. The summed E-state index contributed by atoms with van der Waals surface area (Å²) in [6.07, 6.45) is 4.64. The van der Waals surface area contributed by atoms with Gasteiger partial charge in [0.15, 0.2) is 0 Å².